The van der Waals surface area contributed by atoms with Crippen LogP contribution < -0.4 is 16.0 Å². The zero-order valence-electron chi connectivity index (χ0n) is 16.0. The summed E-state index contributed by atoms with van der Waals surface area (Å²) in [6, 6.07) is 38.8. The summed E-state index contributed by atoms with van der Waals surface area (Å²) >= 11 is 0. The van der Waals surface area contributed by atoms with Gasteiger partial charge < -0.3 is 16.0 Å². The van der Waals surface area contributed by atoms with E-state index in [1.807, 2.05) is 79.0 Å². The summed E-state index contributed by atoms with van der Waals surface area (Å²) in [6.45, 7) is 0. The van der Waals surface area contributed by atoms with Crippen LogP contribution in [0.2, 0.25) is 0 Å². The first-order valence-electron chi connectivity index (χ1n) is 9.64. The number of anilines is 4. The van der Waals surface area contributed by atoms with E-state index in [2.05, 4.69) is 58.4 Å². The highest BCUT2D eigenvalue weighted by Crippen LogP contribution is 2.28. The van der Waals surface area contributed by atoms with Crippen LogP contribution in [0.1, 0.15) is 5.56 Å². The van der Waals surface area contributed by atoms with Gasteiger partial charge in [-0.2, -0.15) is 0 Å². The van der Waals surface area contributed by atoms with E-state index in [-0.39, 0.29) is 0 Å². The molecule has 0 spiro atoms. The molecule has 0 radical (unpaired) electrons. The molecule has 0 aliphatic heterocycles. The molecule has 3 N–H and O–H groups in total. The summed E-state index contributed by atoms with van der Waals surface area (Å²) in [7, 11) is 0. The van der Waals surface area contributed by atoms with Crippen molar-refractivity contribution < 1.29 is 0 Å². The molecule has 0 saturated heterocycles. The molecule has 0 saturated carbocycles. The standard InChI is InChI=1S/C26H23N3/c1-4-12-21(13-5-1)27-20-26(29-23-16-8-3-9-17-23)24-18-10-11-19-25(24)28-22-14-6-2-7-15-22/h1-20,27-29H. The predicted octanol–water partition coefficient (Wildman–Crippen LogP) is 6.95. The van der Waals surface area contributed by atoms with Crippen molar-refractivity contribution in [1.82, 2.24) is 0 Å². The van der Waals surface area contributed by atoms with Crippen LogP contribution in [0.25, 0.3) is 5.70 Å². The highest BCUT2D eigenvalue weighted by Gasteiger charge is 2.09. The molecule has 0 aliphatic rings. The average molecular weight is 377 g/mol. The Hall–Kier alpha value is -3.98. The minimum absolute atomic E-state index is 0.971. The fraction of sp³-hybridized carbons (Fsp3) is 0. The van der Waals surface area contributed by atoms with Crippen LogP contribution in [0.3, 0.4) is 0 Å². The van der Waals surface area contributed by atoms with Crippen LogP contribution in [0, 0.1) is 0 Å². The van der Waals surface area contributed by atoms with Gasteiger partial charge in [-0.25, -0.2) is 0 Å². The van der Waals surface area contributed by atoms with Crippen molar-refractivity contribution in [2.24, 2.45) is 0 Å². The Kier molecular flexibility index (Phi) is 5.89. The van der Waals surface area contributed by atoms with Crippen LogP contribution in [-0.4, -0.2) is 0 Å². The minimum atomic E-state index is 0.971. The van der Waals surface area contributed by atoms with Crippen molar-refractivity contribution in [3.8, 4) is 0 Å². The van der Waals surface area contributed by atoms with E-state index in [4.69, 9.17) is 0 Å². The Morgan fingerprint density at radius 3 is 1.69 bits per heavy atom. The van der Waals surface area contributed by atoms with Gasteiger partial charge in [0.15, 0.2) is 0 Å². The van der Waals surface area contributed by atoms with Gasteiger partial charge in [0.05, 0.1) is 5.70 Å². The normalized spacial score (nSPS) is 11.0. The predicted molar refractivity (Wildman–Crippen MR) is 124 cm³/mol. The molecule has 29 heavy (non-hydrogen) atoms. The maximum Gasteiger partial charge on any atom is 0.0641 e. The van der Waals surface area contributed by atoms with Crippen LogP contribution in [0.4, 0.5) is 22.7 Å². The molecule has 0 fully saturated rings. The zero-order chi connectivity index (χ0) is 19.7. The Balaban J connectivity index is 1.69. The zero-order valence-corrected chi connectivity index (χ0v) is 16.0. The van der Waals surface area contributed by atoms with Crippen LogP contribution in [-0.2, 0) is 0 Å². The lowest BCUT2D eigenvalue weighted by Crippen LogP contribution is -2.05. The molecule has 0 aliphatic carbocycles. The first kappa shape index (κ1) is 18.4. The number of benzene rings is 4. The van der Waals surface area contributed by atoms with Crippen molar-refractivity contribution in [1.29, 1.82) is 0 Å². The van der Waals surface area contributed by atoms with Gasteiger partial charge in [0, 0.05) is 34.5 Å². The summed E-state index contributed by atoms with van der Waals surface area (Å²) in [6.07, 6.45) is 2.01. The molecule has 4 rings (SSSR count). The van der Waals surface area contributed by atoms with Gasteiger partial charge in [0.1, 0.15) is 0 Å². The van der Waals surface area contributed by atoms with E-state index < -0.39 is 0 Å². The summed E-state index contributed by atoms with van der Waals surface area (Å²) in [4.78, 5) is 0. The Labute approximate surface area is 171 Å². The molecule has 142 valence electrons. The van der Waals surface area contributed by atoms with Gasteiger partial charge in [-0.3, -0.25) is 0 Å². The number of nitrogens with one attached hydrogen (secondary N) is 3. The molecule has 0 aromatic heterocycles. The number of rotatable bonds is 7. The maximum absolute atomic E-state index is 3.55. The van der Waals surface area contributed by atoms with E-state index in [0.29, 0.717) is 0 Å². The topological polar surface area (TPSA) is 36.1 Å². The second-order valence-electron chi connectivity index (χ2n) is 6.60. The molecule has 0 heterocycles. The van der Waals surface area contributed by atoms with E-state index in [0.717, 1.165) is 34.0 Å². The van der Waals surface area contributed by atoms with Crippen LogP contribution in [0.15, 0.2) is 121 Å². The fourth-order valence-electron chi connectivity index (χ4n) is 3.05. The van der Waals surface area contributed by atoms with Gasteiger partial charge >= 0.3 is 0 Å². The Bertz CT molecular complexity index is 1060. The fourth-order valence-corrected chi connectivity index (χ4v) is 3.05. The third kappa shape index (κ3) is 5.05. The summed E-state index contributed by atoms with van der Waals surface area (Å²) in [5.74, 6) is 0. The molecular weight excluding hydrogens is 354 g/mol. The third-order valence-electron chi connectivity index (χ3n) is 4.48. The van der Waals surface area contributed by atoms with Gasteiger partial charge in [-0.15, -0.1) is 0 Å². The maximum atomic E-state index is 3.55. The molecule has 0 atom stereocenters. The van der Waals surface area contributed by atoms with Crippen molar-refractivity contribution in [3.05, 3.63) is 127 Å². The van der Waals surface area contributed by atoms with Gasteiger partial charge in [-0.1, -0.05) is 72.8 Å². The molecule has 0 bridgehead atoms. The molecular formula is C26H23N3. The second-order valence-corrected chi connectivity index (χ2v) is 6.60. The number of hydrogen-bond donors (Lipinski definition) is 3. The molecule has 3 heteroatoms. The lowest BCUT2D eigenvalue weighted by atomic mass is 10.1. The highest BCUT2D eigenvalue weighted by atomic mass is 15.0. The molecule has 4 aromatic carbocycles. The smallest absolute Gasteiger partial charge is 0.0641 e. The van der Waals surface area contributed by atoms with Gasteiger partial charge in [-0.05, 0) is 42.5 Å². The Morgan fingerprint density at radius 2 is 1.03 bits per heavy atom. The second kappa shape index (κ2) is 9.29. The minimum Gasteiger partial charge on any atom is -0.360 e. The SMILES string of the molecule is C(Nc1ccccc1)=C(Nc1ccccc1)c1ccccc1Nc1ccccc1. The quantitative estimate of drug-likeness (QED) is 0.326. The summed E-state index contributed by atoms with van der Waals surface area (Å²) in [5, 5.41) is 10.5. The molecule has 4 aromatic rings. The Morgan fingerprint density at radius 1 is 0.517 bits per heavy atom. The van der Waals surface area contributed by atoms with E-state index in [1.54, 1.807) is 0 Å². The lowest BCUT2D eigenvalue weighted by molar-refractivity contribution is 1.47. The number of hydrogen-bond acceptors (Lipinski definition) is 3. The van der Waals surface area contributed by atoms with Crippen molar-refractivity contribution in [2.75, 3.05) is 16.0 Å². The van der Waals surface area contributed by atoms with Gasteiger partial charge in [0.25, 0.3) is 0 Å². The lowest BCUT2D eigenvalue weighted by Gasteiger charge is -2.17. The first-order chi connectivity index (χ1) is 14.4. The summed E-state index contributed by atoms with van der Waals surface area (Å²) < 4.78 is 0. The van der Waals surface area contributed by atoms with Crippen molar-refractivity contribution in [3.63, 3.8) is 0 Å². The monoisotopic (exact) mass is 377 g/mol. The van der Waals surface area contributed by atoms with Crippen molar-refractivity contribution >= 4 is 28.4 Å². The number of para-hydroxylation sites is 4. The van der Waals surface area contributed by atoms with E-state index in [9.17, 15) is 0 Å². The first-order valence-corrected chi connectivity index (χ1v) is 9.64. The molecule has 3 nitrogen and oxygen atoms in total. The largest absolute Gasteiger partial charge is 0.360 e. The average Bonchev–Trinajstić information content (AvgIpc) is 2.79. The van der Waals surface area contributed by atoms with E-state index in [1.165, 1.54) is 0 Å². The third-order valence-corrected chi connectivity index (χ3v) is 4.48. The van der Waals surface area contributed by atoms with Crippen molar-refractivity contribution in [2.45, 2.75) is 0 Å². The highest BCUT2D eigenvalue weighted by molar-refractivity contribution is 5.85. The van der Waals surface area contributed by atoms with Crippen LogP contribution in [0.5, 0.6) is 0 Å². The van der Waals surface area contributed by atoms with Crippen LogP contribution >= 0.6 is 0 Å². The molecule has 0 unspecified atom stereocenters. The summed E-state index contributed by atoms with van der Waals surface area (Å²) in [5.41, 5.74) is 6.19. The van der Waals surface area contributed by atoms with E-state index >= 15 is 0 Å². The molecule has 0 amide bonds. The van der Waals surface area contributed by atoms with Gasteiger partial charge in [0.2, 0.25) is 0 Å².